The number of furan rings is 1. The van der Waals surface area contributed by atoms with Gasteiger partial charge in [-0.3, -0.25) is 14.4 Å². The number of aromatic nitrogens is 1. The lowest BCUT2D eigenvalue weighted by atomic mass is 9.98. The average molecular weight is 731 g/mol. The molecule has 2 aliphatic rings. The first kappa shape index (κ1) is 36.0. The van der Waals surface area contributed by atoms with Gasteiger partial charge in [-0.2, -0.15) is 0 Å². The average Bonchev–Trinajstić information content (AvgIpc) is 3.95. The molecule has 1 aliphatic heterocycles. The Morgan fingerprint density at radius 1 is 0.907 bits per heavy atom. The van der Waals surface area contributed by atoms with E-state index in [0.29, 0.717) is 40.2 Å². The number of hydrogen-bond acceptors (Lipinski definition) is 9. The Bertz CT molecular complexity index is 2220. The van der Waals surface area contributed by atoms with E-state index in [1.54, 1.807) is 29.2 Å². The van der Waals surface area contributed by atoms with Gasteiger partial charge in [0.25, 0.3) is 11.7 Å². The number of azide groups is 1. The van der Waals surface area contributed by atoms with Crippen molar-refractivity contribution in [2.75, 3.05) is 59.7 Å². The molecule has 0 bridgehead atoms. The Hall–Kier alpha value is -6.37. The van der Waals surface area contributed by atoms with Crippen LogP contribution in [-0.4, -0.2) is 98.0 Å². The molecule has 1 aliphatic carbocycles. The quantitative estimate of drug-likeness (QED) is 0.0334. The minimum absolute atomic E-state index is 0.0598. The number of aromatic amines is 1. The summed E-state index contributed by atoms with van der Waals surface area (Å²) in [5, 5.41) is 3.81. The minimum Gasteiger partial charge on any atom is -0.496 e. The van der Waals surface area contributed by atoms with Crippen LogP contribution in [0.25, 0.3) is 43.8 Å². The van der Waals surface area contributed by atoms with Crippen LogP contribution in [0.4, 0.5) is 4.79 Å². The second-order valence-electron chi connectivity index (χ2n) is 13.0. The van der Waals surface area contributed by atoms with Gasteiger partial charge in [-0.15, -0.1) is 0 Å². The number of piperazine rings is 1. The van der Waals surface area contributed by atoms with Crippen molar-refractivity contribution < 1.29 is 37.8 Å². The standard InChI is InChI=1S/C40H38N6O8/c1-51-35-15-13-31(34-14-12-26(54-34)11-10-25(47)23-52-21-16-43-44-41)37-36(35)32(22-42-37)38(48)39(49)45-17-19-46(20-18-45)40(50)53-24-33-29-8-4-2-6-27(29)28-7-3-5-9-30(28)33/h2-9,12-15,22,33,42H,10-11,16-21,23-24H2,1H3. The van der Waals surface area contributed by atoms with E-state index in [4.69, 9.17) is 24.2 Å². The molecule has 1 N–H and O–H groups in total. The van der Waals surface area contributed by atoms with Crippen molar-refractivity contribution in [1.29, 1.82) is 0 Å². The number of ether oxygens (including phenoxy) is 3. The third kappa shape index (κ3) is 7.29. The number of benzene rings is 3. The van der Waals surface area contributed by atoms with Crippen LogP contribution < -0.4 is 4.74 Å². The molecule has 0 saturated carbocycles. The number of rotatable bonds is 14. The number of nitrogens with zero attached hydrogens (tertiary/aromatic N) is 5. The van der Waals surface area contributed by atoms with Crippen LogP contribution in [-0.2, 0) is 25.5 Å². The van der Waals surface area contributed by atoms with Crippen molar-refractivity contribution in [3.63, 3.8) is 0 Å². The zero-order valence-electron chi connectivity index (χ0n) is 29.7. The fourth-order valence-corrected chi connectivity index (χ4v) is 7.14. The molecule has 0 radical (unpaired) electrons. The molecule has 0 atom stereocenters. The monoisotopic (exact) mass is 730 g/mol. The van der Waals surface area contributed by atoms with Crippen molar-refractivity contribution in [2.45, 2.75) is 18.8 Å². The van der Waals surface area contributed by atoms with Crippen LogP contribution >= 0.6 is 0 Å². The molecule has 14 nitrogen and oxygen atoms in total. The summed E-state index contributed by atoms with van der Waals surface area (Å²) in [5.41, 5.74) is 14.2. The lowest BCUT2D eigenvalue weighted by Crippen LogP contribution is -2.52. The summed E-state index contributed by atoms with van der Waals surface area (Å²) < 4.78 is 22.7. The van der Waals surface area contributed by atoms with Gasteiger partial charge in [0.1, 0.15) is 30.5 Å². The van der Waals surface area contributed by atoms with E-state index in [9.17, 15) is 19.2 Å². The zero-order chi connectivity index (χ0) is 37.6. The number of carbonyl (C=O) groups excluding carboxylic acids is 4. The van der Waals surface area contributed by atoms with E-state index in [0.717, 1.165) is 22.3 Å². The first-order valence-corrected chi connectivity index (χ1v) is 17.7. The molecule has 1 saturated heterocycles. The molecule has 2 aromatic heterocycles. The summed E-state index contributed by atoms with van der Waals surface area (Å²) in [6, 6.07) is 23.3. The van der Waals surface area contributed by atoms with Crippen molar-refractivity contribution in [3.05, 3.63) is 112 Å². The first-order chi connectivity index (χ1) is 26.4. The maximum absolute atomic E-state index is 13.7. The largest absolute Gasteiger partial charge is 0.496 e. The molecular weight excluding hydrogens is 692 g/mol. The van der Waals surface area contributed by atoms with Crippen LogP contribution in [0.2, 0.25) is 0 Å². The maximum atomic E-state index is 13.7. The number of fused-ring (bicyclic) bond motifs is 4. The predicted molar refractivity (Wildman–Crippen MR) is 198 cm³/mol. The highest BCUT2D eigenvalue weighted by molar-refractivity contribution is 6.45. The van der Waals surface area contributed by atoms with E-state index in [1.807, 2.05) is 24.3 Å². The summed E-state index contributed by atoms with van der Waals surface area (Å²) in [6.45, 7) is 1.26. The number of H-pyrrole nitrogens is 1. The Labute approximate surface area is 310 Å². The molecule has 3 aromatic carbocycles. The number of Topliss-reactive ketones (excluding diaryl/α,β-unsaturated/α-hetero) is 2. The zero-order valence-corrected chi connectivity index (χ0v) is 29.7. The fourth-order valence-electron chi connectivity index (χ4n) is 7.14. The third-order valence-corrected chi connectivity index (χ3v) is 9.86. The number of methoxy groups -OCH3 is 1. The highest BCUT2D eigenvalue weighted by Crippen LogP contribution is 2.44. The van der Waals surface area contributed by atoms with E-state index >= 15 is 0 Å². The predicted octanol–water partition coefficient (Wildman–Crippen LogP) is 6.54. The van der Waals surface area contributed by atoms with Gasteiger partial charge in [0, 0.05) is 68.2 Å². The molecule has 0 spiro atoms. The van der Waals surface area contributed by atoms with Crippen LogP contribution in [0.1, 0.15) is 39.6 Å². The van der Waals surface area contributed by atoms with Crippen LogP contribution in [0, 0.1) is 0 Å². The number of carbonyl (C=O) groups is 4. The normalized spacial score (nSPS) is 13.6. The Kier molecular flexibility index (Phi) is 10.7. The SMILES string of the molecule is COc1ccc(-c2ccc(CCC(=O)COCCN=[N+]=[N-])o2)c2[nH]cc(C(=O)C(=O)N3CCN(C(=O)OCC4c5ccccc5-c5ccccc54)CC3)c12. The summed E-state index contributed by atoms with van der Waals surface area (Å²) in [4.78, 5) is 61.5. The Morgan fingerprint density at radius 3 is 2.31 bits per heavy atom. The molecule has 1 fully saturated rings. The summed E-state index contributed by atoms with van der Waals surface area (Å²) in [6.07, 6.45) is 1.60. The smallest absolute Gasteiger partial charge is 0.409 e. The topological polar surface area (TPSA) is 180 Å². The highest BCUT2D eigenvalue weighted by Gasteiger charge is 2.33. The third-order valence-electron chi connectivity index (χ3n) is 9.86. The van der Waals surface area contributed by atoms with Gasteiger partial charge in [0.05, 0.1) is 30.2 Å². The summed E-state index contributed by atoms with van der Waals surface area (Å²) >= 11 is 0. The number of hydrogen-bond donors (Lipinski definition) is 1. The van der Waals surface area contributed by atoms with Crippen molar-refractivity contribution >= 4 is 34.5 Å². The van der Waals surface area contributed by atoms with Gasteiger partial charge >= 0.3 is 6.09 Å². The van der Waals surface area contributed by atoms with Crippen molar-refractivity contribution in [1.82, 2.24) is 14.8 Å². The molecular formula is C40H38N6O8. The van der Waals surface area contributed by atoms with Gasteiger partial charge in [-0.05, 0) is 52.1 Å². The molecule has 2 amide bonds. The van der Waals surface area contributed by atoms with E-state index < -0.39 is 17.8 Å². The van der Waals surface area contributed by atoms with E-state index in [2.05, 4.69) is 39.3 Å². The lowest BCUT2D eigenvalue weighted by Gasteiger charge is -2.34. The second kappa shape index (κ2) is 16.1. The number of ketones is 2. The van der Waals surface area contributed by atoms with Crippen LogP contribution in [0.3, 0.4) is 0 Å². The Balaban J connectivity index is 0.964. The van der Waals surface area contributed by atoms with Gasteiger partial charge in [-0.1, -0.05) is 53.6 Å². The molecule has 5 aromatic rings. The van der Waals surface area contributed by atoms with Crippen LogP contribution in [0.5, 0.6) is 5.75 Å². The van der Waals surface area contributed by atoms with Gasteiger partial charge in [0.2, 0.25) is 0 Å². The summed E-state index contributed by atoms with van der Waals surface area (Å²) in [7, 11) is 1.49. The van der Waals surface area contributed by atoms with Crippen LogP contribution in [0.15, 0.2) is 88.5 Å². The van der Waals surface area contributed by atoms with Crippen molar-refractivity contribution in [2.24, 2.45) is 5.11 Å². The minimum atomic E-state index is -0.702. The molecule has 276 valence electrons. The summed E-state index contributed by atoms with van der Waals surface area (Å²) in [5.74, 6) is -0.0521. The lowest BCUT2D eigenvalue weighted by molar-refractivity contribution is -0.128. The fraction of sp³-hybridized carbons (Fsp3) is 0.300. The van der Waals surface area contributed by atoms with E-state index in [-0.39, 0.29) is 76.2 Å². The first-order valence-electron chi connectivity index (χ1n) is 17.7. The number of aryl methyl sites for hydroxylation is 1. The maximum Gasteiger partial charge on any atom is 0.409 e. The highest BCUT2D eigenvalue weighted by atomic mass is 16.6. The molecule has 14 heteroatoms. The molecule has 54 heavy (non-hydrogen) atoms. The number of amides is 2. The van der Waals surface area contributed by atoms with Gasteiger partial charge in [-0.25, -0.2) is 4.79 Å². The van der Waals surface area contributed by atoms with Gasteiger partial charge in [0.15, 0.2) is 5.78 Å². The molecule has 7 rings (SSSR count). The van der Waals surface area contributed by atoms with Gasteiger partial charge < -0.3 is 33.4 Å². The van der Waals surface area contributed by atoms with Crippen molar-refractivity contribution in [3.8, 4) is 28.2 Å². The molecule has 0 unspecified atom stereocenters. The molecule has 3 heterocycles. The number of nitrogens with one attached hydrogen (secondary N) is 1. The Morgan fingerprint density at radius 2 is 1.61 bits per heavy atom. The van der Waals surface area contributed by atoms with E-state index in [1.165, 1.54) is 18.2 Å². The second-order valence-corrected chi connectivity index (χ2v) is 13.0.